The van der Waals surface area contributed by atoms with Gasteiger partial charge < -0.3 is 5.32 Å². The van der Waals surface area contributed by atoms with Gasteiger partial charge in [0, 0.05) is 24.9 Å². The number of carbonyl (C=O) groups is 2. The molecule has 1 heterocycles. The average Bonchev–Trinajstić information content (AvgIpc) is 2.96. The number of nitrogens with one attached hydrogen (secondary N) is 2. The molecule has 1 aliphatic carbocycles. The van der Waals surface area contributed by atoms with Crippen molar-refractivity contribution < 1.29 is 9.59 Å². The first kappa shape index (κ1) is 16.3. The van der Waals surface area contributed by atoms with E-state index in [2.05, 4.69) is 21.7 Å². The minimum atomic E-state index is -0.515. The Morgan fingerprint density at radius 3 is 2.86 bits per heavy atom. The Morgan fingerprint density at radius 1 is 1.41 bits per heavy atom. The van der Waals surface area contributed by atoms with Gasteiger partial charge in [0.25, 0.3) is 0 Å². The third-order valence-electron chi connectivity index (χ3n) is 3.63. The number of fused-ring (bicyclic) bond motifs is 1. The number of thioether (sulfide) groups is 1. The lowest BCUT2D eigenvalue weighted by molar-refractivity contribution is -0.119. The highest BCUT2D eigenvalue weighted by molar-refractivity contribution is 7.99. The lowest BCUT2D eigenvalue weighted by Gasteiger charge is -2.10. The fourth-order valence-corrected chi connectivity index (χ4v) is 3.47. The van der Waals surface area contributed by atoms with Gasteiger partial charge in [-0.2, -0.15) is 5.26 Å². The number of amides is 3. The molecule has 1 aromatic heterocycles. The predicted octanol–water partition coefficient (Wildman–Crippen LogP) is 1.69. The molecule has 22 heavy (non-hydrogen) atoms. The van der Waals surface area contributed by atoms with E-state index < -0.39 is 6.03 Å². The predicted molar refractivity (Wildman–Crippen MR) is 83.7 cm³/mol. The lowest BCUT2D eigenvalue weighted by Crippen LogP contribution is -2.37. The van der Waals surface area contributed by atoms with E-state index in [0.717, 1.165) is 30.5 Å². The zero-order chi connectivity index (χ0) is 16.1. The largest absolute Gasteiger partial charge is 0.341 e. The first-order chi connectivity index (χ1) is 10.6. The summed E-state index contributed by atoms with van der Waals surface area (Å²) in [6.07, 6.45) is 3.21. The second-order valence-electron chi connectivity index (χ2n) is 5.03. The molecule has 2 rings (SSSR count). The number of hydrogen-bond donors (Lipinski definition) is 2. The van der Waals surface area contributed by atoms with Crippen LogP contribution in [0.15, 0.2) is 5.03 Å². The number of pyridine rings is 1. The summed E-state index contributed by atoms with van der Waals surface area (Å²) >= 11 is 1.39. The molecule has 0 aromatic carbocycles. The number of nitrogens with zero attached hydrogens (tertiary/aromatic N) is 2. The van der Waals surface area contributed by atoms with Crippen LogP contribution in [0, 0.1) is 18.3 Å². The van der Waals surface area contributed by atoms with Crippen LogP contribution >= 0.6 is 11.8 Å². The number of imide groups is 1. The van der Waals surface area contributed by atoms with Crippen LogP contribution in [-0.2, 0) is 17.6 Å². The number of urea groups is 1. The van der Waals surface area contributed by atoms with Gasteiger partial charge in [-0.1, -0.05) is 0 Å². The lowest BCUT2D eigenvalue weighted by atomic mass is 10.0. The molecule has 1 aromatic rings. The fourth-order valence-electron chi connectivity index (χ4n) is 2.47. The number of rotatable bonds is 4. The number of carbonyl (C=O) groups excluding carboxylic acids is 2. The molecular formula is C15H18N4O2S. The SMILES string of the molecule is CNC(=O)NC(=O)CCSc1nc2c(c(C)c1C#N)CCC2. The van der Waals surface area contributed by atoms with Crippen LogP contribution in [0.1, 0.15) is 35.2 Å². The van der Waals surface area contributed by atoms with E-state index >= 15 is 0 Å². The Bertz CT molecular complexity index is 652. The van der Waals surface area contributed by atoms with Crippen molar-refractivity contribution >= 4 is 23.7 Å². The van der Waals surface area contributed by atoms with Gasteiger partial charge in [-0.3, -0.25) is 10.1 Å². The second-order valence-corrected chi connectivity index (χ2v) is 6.12. The van der Waals surface area contributed by atoms with Crippen LogP contribution in [0.2, 0.25) is 0 Å². The second kappa shape index (κ2) is 7.27. The Kier molecular flexibility index (Phi) is 5.39. The molecule has 7 heteroatoms. The molecule has 0 spiro atoms. The number of nitriles is 1. The normalized spacial score (nSPS) is 12.4. The summed E-state index contributed by atoms with van der Waals surface area (Å²) in [5, 5.41) is 14.6. The van der Waals surface area contributed by atoms with Crippen molar-refractivity contribution in [2.45, 2.75) is 37.6 Å². The van der Waals surface area contributed by atoms with Crippen molar-refractivity contribution in [3.05, 3.63) is 22.4 Å². The van der Waals surface area contributed by atoms with Crippen LogP contribution in [0.5, 0.6) is 0 Å². The Hall–Kier alpha value is -2.07. The van der Waals surface area contributed by atoms with Gasteiger partial charge in [-0.05, 0) is 37.3 Å². The first-order valence-corrected chi connectivity index (χ1v) is 8.12. The van der Waals surface area contributed by atoms with Crippen molar-refractivity contribution in [2.24, 2.45) is 0 Å². The maximum absolute atomic E-state index is 11.5. The number of hydrogen-bond acceptors (Lipinski definition) is 5. The summed E-state index contributed by atoms with van der Waals surface area (Å²) in [5.41, 5.74) is 3.91. The Labute approximate surface area is 133 Å². The molecule has 0 atom stereocenters. The molecular weight excluding hydrogens is 300 g/mol. The van der Waals surface area contributed by atoms with Crippen LogP contribution in [0.4, 0.5) is 4.79 Å². The third-order valence-corrected chi connectivity index (χ3v) is 4.60. The van der Waals surface area contributed by atoms with Gasteiger partial charge in [0.2, 0.25) is 5.91 Å². The minimum Gasteiger partial charge on any atom is -0.341 e. The van der Waals surface area contributed by atoms with Crippen molar-refractivity contribution in [1.82, 2.24) is 15.6 Å². The van der Waals surface area contributed by atoms with E-state index in [0.29, 0.717) is 16.3 Å². The zero-order valence-corrected chi connectivity index (χ0v) is 13.5. The van der Waals surface area contributed by atoms with Crippen molar-refractivity contribution in [3.8, 4) is 6.07 Å². The molecule has 0 radical (unpaired) electrons. The molecule has 0 fully saturated rings. The summed E-state index contributed by atoms with van der Waals surface area (Å²) in [5.74, 6) is 0.131. The molecule has 6 nitrogen and oxygen atoms in total. The topological polar surface area (TPSA) is 94.9 Å². The van der Waals surface area contributed by atoms with E-state index in [1.54, 1.807) is 0 Å². The van der Waals surface area contributed by atoms with Gasteiger partial charge in [0.1, 0.15) is 11.1 Å². The standard InChI is InChI=1S/C15H18N4O2S/c1-9-10-4-3-5-12(10)18-14(11(9)8-16)22-7-6-13(20)19-15(21)17-2/h3-7H2,1-2H3,(H2,17,19,20,21). The monoisotopic (exact) mass is 318 g/mol. The molecule has 0 saturated carbocycles. The minimum absolute atomic E-state index is 0.195. The summed E-state index contributed by atoms with van der Waals surface area (Å²) in [6, 6.07) is 1.71. The summed E-state index contributed by atoms with van der Waals surface area (Å²) in [7, 11) is 1.45. The van der Waals surface area contributed by atoms with Crippen LogP contribution < -0.4 is 10.6 Å². The van der Waals surface area contributed by atoms with Crippen molar-refractivity contribution in [3.63, 3.8) is 0 Å². The molecule has 116 valence electrons. The average molecular weight is 318 g/mol. The van der Waals surface area contributed by atoms with Gasteiger partial charge in [-0.15, -0.1) is 11.8 Å². The summed E-state index contributed by atoms with van der Waals surface area (Å²) < 4.78 is 0. The number of aryl methyl sites for hydroxylation is 1. The molecule has 0 bridgehead atoms. The molecule has 2 N–H and O–H groups in total. The molecule has 3 amide bonds. The molecule has 0 saturated heterocycles. The highest BCUT2D eigenvalue weighted by Crippen LogP contribution is 2.31. The van der Waals surface area contributed by atoms with Crippen LogP contribution in [-0.4, -0.2) is 29.7 Å². The van der Waals surface area contributed by atoms with E-state index in [1.165, 1.54) is 24.4 Å². The Balaban J connectivity index is 2.02. The molecule has 1 aliphatic rings. The highest BCUT2D eigenvalue weighted by atomic mass is 32.2. The molecule has 0 unspecified atom stereocenters. The first-order valence-electron chi connectivity index (χ1n) is 7.13. The zero-order valence-electron chi connectivity index (χ0n) is 12.7. The highest BCUT2D eigenvalue weighted by Gasteiger charge is 2.20. The van der Waals surface area contributed by atoms with Gasteiger partial charge >= 0.3 is 6.03 Å². The maximum atomic E-state index is 11.5. The van der Waals surface area contributed by atoms with Crippen molar-refractivity contribution in [1.29, 1.82) is 5.26 Å². The smallest absolute Gasteiger partial charge is 0.321 e. The van der Waals surface area contributed by atoms with Gasteiger partial charge in [0.15, 0.2) is 0 Å². The summed E-state index contributed by atoms with van der Waals surface area (Å²) in [6.45, 7) is 1.97. The molecule has 0 aliphatic heterocycles. The quantitative estimate of drug-likeness (QED) is 0.824. The maximum Gasteiger partial charge on any atom is 0.321 e. The van der Waals surface area contributed by atoms with Crippen LogP contribution in [0.3, 0.4) is 0 Å². The van der Waals surface area contributed by atoms with Gasteiger partial charge in [0.05, 0.1) is 5.56 Å². The summed E-state index contributed by atoms with van der Waals surface area (Å²) in [4.78, 5) is 27.2. The van der Waals surface area contributed by atoms with E-state index in [4.69, 9.17) is 0 Å². The van der Waals surface area contributed by atoms with Gasteiger partial charge in [-0.25, -0.2) is 9.78 Å². The van der Waals surface area contributed by atoms with E-state index in [-0.39, 0.29) is 12.3 Å². The van der Waals surface area contributed by atoms with E-state index in [1.807, 2.05) is 6.92 Å². The third kappa shape index (κ3) is 3.57. The Morgan fingerprint density at radius 2 is 2.18 bits per heavy atom. The number of aromatic nitrogens is 1. The van der Waals surface area contributed by atoms with Crippen molar-refractivity contribution in [2.75, 3.05) is 12.8 Å². The van der Waals surface area contributed by atoms with Crippen LogP contribution in [0.25, 0.3) is 0 Å². The van der Waals surface area contributed by atoms with E-state index in [9.17, 15) is 14.9 Å². The fraction of sp³-hybridized carbons (Fsp3) is 0.467.